The van der Waals surface area contributed by atoms with Crippen LogP contribution in [0.15, 0.2) is 188 Å². The largest absolute Gasteiger partial charge is 0.311 e. The predicted molar refractivity (Wildman–Crippen MR) is 382 cm³/mol. The molecule has 9 aromatic carbocycles. The first kappa shape index (κ1) is 54.0. The number of aromatic nitrogens is 1. The molecule has 0 atom stereocenters. The zero-order valence-corrected chi connectivity index (χ0v) is 53.5. The van der Waals surface area contributed by atoms with Gasteiger partial charge in [0.25, 0.3) is 6.71 Å². The van der Waals surface area contributed by atoms with Gasteiger partial charge >= 0.3 is 0 Å². The molecule has 10 saturated carbocycles. The lowest BCUT2D eigenvalue weighted by Crippen LogP contribution is -2.61. The van der Waals surface area contributed by atoms with Gasteiger partial charge < -0.3 is 14.4 Å². The predicted octanol–water partition coefficient (Wildman–Crippen LogP) is 21.5. The summed E-state index contributed by atoms with van der Waals surface area (Å²) in [7, 11) is 0. The molecule has 4 heteroatoms. The summed E-state index contributed by atoms with van der Waals surface area (Å²) in [5, 5.41) is 3.20. The third-order valence-corrected chi connectivity index (χ3v) is 26.2. The Kier molecular flexibility index (Phi) is 12.3. The highest BCUT2D eigenvalue weighted by atomic mass is 15.2. The third-order valence-electron chi connectivity index (χ3n) is 26.2. The van der Waals surface area contributed by atoms with Crippen molar-refractivity contribution in [1.29, 1.82) is 0 Å². The van der Waals surface area contributed by atoms with Gasteiger partial charge in [-0.05, 0) is 301 Å². The van der Waals surface area contributed by atoms with Crippen LogP contribution in [0.25, 0.3) is 49.7 Å². The van der Waals surface area contributed by atoms with Crippen molar-refractivity contribution < 1.29 is 0 Å². The Labute approximate surface area is 540 Å². The lowest BCUT2D eigenvalue weighted by atomic mass is 9.33. The standard InChI is InChI=1S/C87H86BN3/c1-55-36-81-83-82(37-55)90(71-32-28-67(29-33-71)63-18-8-3-9-19-63)80-48-72(34-35-78(80)88(83)77-24-14-15-25-79(77)89(81)70-30-26-66(27-31-70)62-16-6-2-7-17-62)91-84-73(44-68(64-20-10-4-11-21-64)46-75(84)86-49-56-38-57(50-86)40-58(39-56)51-86)74-45-69(65-22-12-5-13-23-65)47-76(85(74)91)87-52-59-41-60(53-87)43-61(42-59)54-87/h2-3,6-9,14-19,24-37,44-48,56-61,64-65H,4-5,10-13,20-23,38-43,49-54H2,1H3. The average molecular weight is 1180 g/mol. The SMILES string of the molecule is Cc1cc2c3c(c1)N(c1ccc(-c4ccccc4)cc1)c1cc(-n4c5c(C67CC8CC(CC(C8)C6)C7)cc(C6CCCCC6)cc5c5cc(C6CCCCC6)cc(C67CC8CC(CC(C8)C6)C7)c54)ccc1B3c1ccccc1N2c1ccc(-c2ccccc2)cc1. The van der Waals surface area contributed by atoms with Crippen molar-refractivity contribution in [2.24, 2.45) is 35.5 Å². The molecule has 10 fully saturated rings. The van der Waals surface area contributed by atoms with Crippen LogP contribution in [-0.2, 0) is 10.8 Å². The molecule has 22 rings (SSSR count). The number of aryl methyl sites for hydroxylation is 1. The number of benzene rings is 9. The number of rotatable bonds is 9. The van der Waals surface area contributed by atoms with Gasteiger partial charge in [0.05, 0.1) is 11.0 Å². The molecule has 0 N–H and O–H groups in total. The highest BCUT2D eigenvalue weighted by molar-refractivity contribution is 7.00. The van der Waals surface area contributed by atoms with Crippen molar-refractivity contribution in [2.75, 3.05) is 9.80 Å². The Morgan fingerprint density at radius 3 is 1.21 bits per heavy atom. The number of anilines is 6. The third kappa shape index (κ3) is 8.51. The second-order valence-corrected chi connectivity index (χ2v) is 31.8. The number of hydrogen-bond donors (Lipinski definition) is 0. The van der Waals surface area contributed by atoms with Crippen LogP contribution in [0.2, 0.25) is 0 Å². The maximum Gasteiger partial charge on any atom is 0.252 e. The van der Waals surface area contributed by atoms with Crippen LogP contribution in [0, 0.1) is 42.4 Å². The normalized spacial score (nSPS) is 27.0. The maximum absolute atomic E-state index is 3.05. The van der Waals surface area contributed by atoms with Crippen molar-refractivity contribution in [3.8, 4) is 27.9 Å². The van der Waals surface area contributed by atoms with Crippen LogP contribution in [0.5, 0.6) is 0 Å². The molecular formula is C87H86BN3. The van der Waals surface area contributed by atoms with E-state index in [0.717, 1.165) is 35.5 Å². The van der Waals surface area contributed by atoms with E-state index in [2.05, 4.69) is 209 Å². The van der Waals surface area contributed by atoms with Crippen LogP contribution in [0.1, 0.15) is 181 Å². The van der Waals surface area contributed by atoms with Gasteiger partial charge in [0, 0.05) is 50.6 Å². The summed E-state index contributed by atoms with van der Waals surface area (Å²) in [4.78, 5) is 5.30. The van der Waals surface area contributed by atoms with Crippen LogP contribution in [0.4, 0.5) is 34.1 Å². The van der Waals surface area contributed by atoms with E-state index in [4.69, 9.17) is 0 Å². The first-order valence-electron chi connectivity index (χ1n) is 36.3. The molecule has 0 radical (unpaired) electrons. The Bertz CT molecular complexity index is 4330. The number of para-hydroxylation sites is 1. The smallest absolute Gasteiger partial charge is 0.252 e. The van der Waals surface area contributed by atoms with E-state index in [-0.39, 0.29) is 17.5 Å². The topological polar surface area (TPSA) is 11.4 Å². The lowest BCUT2D eigenvalue weighted by Gasteiger charge is -2.57. The minimum absolute atomic E-state index is 0.0324. The molecule has 0 unspecified atom stereocenters. The van der Waals surface area contributed by atoms with E-state index in [1.165, 1.54) is 225 Å². The fraction of sp³-hybridized carbons (Fsp3) is 0.379. The molecule has 1 aromatic heterocycles. The minimum atomic E-state index is 0.0324. The number of hydrogen-bond acceptors (Lipinski definition) is 2. The van der Waals surface area contributed by atoms with E-state index in [9.17, 15) is 0 Å². The molecular weight excluding hydrogens is 1100 g/mol. The summed E-state index contributed by atoms with van der Waals surface area (Å²) >= 11 is 0. The highest BCUT2D eigenvalue weighted by Gasteiger charge is 2.55. The molecule has 0 spiro atoms. The van der Waals surface area contributed by atoms with Gasteiger partial charge in [-0.25, -0.2) is 0 Å². The van der Waals surface area contributed by atoms with Crippen LogP contribution in [-0.4, -0.2) is 11.3 Å². The molecule has 2 aliphatic heterocycles. The molecule has 10 aliphatic carbocycles. The first-order chi connectivity index (χ1) is 44.8. The van der Waals surface area contributed by atoms with Gasteiger partial charge in [-0.3, -0.25) is 0 Å². The average Bonchev–Trinajstić information content (AvgIpc) is 1.70. The Morgan fingerprint density at radius 2 is 0.747 bits per heavy atom. The van der Waals surface area contributed by atoms with Gasteiger partial charge in [-0.15, -0.1) is 0 Å². The summed E-state index contributed by atoms with van der Waals surface area (Å²) in [6.45, 7) is 2.37. The fourth-order valence-corrected chi connectivity index (χ4v) is 23.2. The van der Waals surface area contributed by atoms with Crippen LogP contribution in [0.3, 0.4) is 0 Å². The first-order valence-corrected chi connectivity index (χ1v) is 36.3. The number of nitrogens with zero attached hydrogens (tertiary/aromatic N) is 3. The lowest BCUT2D eigenvalue weighted by molar-refractivity contribution is -0.00473. The minimum Gasteiger partial charge on any atom is -0.311 e. The van der Waals surface area contributed by atoms with Crippen molar-refractivity contribution in [3.63, 3.8) is 0 Å². The maximum atomic E-state index is 3.05. The second-order valence-electron chi connectivity index (χ2n) is 31.8. The summed E-state index contributed by atoms with van der Waals surface area (Å²) < 4.78 is 3.05. The molecule has 3 nitrogen and oxygen atoms in total. The Morgan fingerprint density at radius 1 is 0.352 bits per heavy atom. The van der Waals surface area contributed by atoms with Gasteiger partial charge in [-0.1, -0.05) is 160 Å². The number of fused-ring (bicyclic) bond motifs is 7. The van der Waals surface area contributed by atoms with Gasteiger partial charge in [0.15, 0.2) is 0 Å². The van der Waals surface area contributed by atoms with Crippen molar-refractivity contribution in [3.05, 3.63) is 216 Å². The monoisotopic (exact) mass is 1180 g/mol. The molecule has 8 bridgehead atoms. The molecule has 10 aromatic rings. The Hall–Kier alpha value is -7.56. The Balaban J connectivity index is 0.867. The quantitative estimate of drug-likeness (QED) is 0.133. The molecule has 0 saturated heterocycles. The van der Waals surface area contributed by atoms with E-state index < -0.39 is 0 Å². The second kappa shape index (κ2) is 20.7. The highest BCUT2D eigenvalue weighted by Crippen LogP contribution is 2.65. The van der Waals surface area contributed by atoms with Gasteiger partial charge in [0.1, 0.15) is 0 Å². The molecule has 91 heavy (non-hydrogen) atoms. The summed E-state index contributed by atoms with van der Waals surface area (Å²) in [6, 6.07) is 75.0. The van der Waals surface area contributed by atoms with Gasteiger partial charge in [0.2, 0.25) is 0 Å². The zero-order valence-electron chi connectivity index (χ0n) is 53.5. The molecule has 452 valence electrons. The van der Waals surface area contributed by atoms with E-state index >= 15 is 0 Å². The molecule has 0 amide bonds. The summed E-state index contributed by atoms with van der Waals surface area (Å²) in [6.07, 6.45) is 30.7. The van der Waals surface area contributed by atoms with Gasteiger partial charge in [-0.2, -0.15) is 0 Å². The van der Waals surface area contributed by atoms with Crippen molar-refractivity contribution in [1.82, 2.24) is 4.57 Å². The summed E-state index contributed by atoms with van der Waals surface area (Å²) in [5.74, 6) is 6.46. The van der Waals surface area contributed by atoms with E-state index in [0.29, 0.717) is 11.8 Å². The fourth-order valence-electron chi connectivity index (χ4n) is 23.2. The summed E-state index contributed by atoms with van der Waals surface area (Å²) in [5.41, 5.74) is 29.8. The molecule has 12 aliphatic rings. The van der Waals surface area contributed by atoms with Crippen molar-refractivity contribution in [2.45, 2.75) is 171 Å². The van der Waals surface area contributed by atoms with Crippen LogP contribution >= 0.6 is 0 Å². The zero-order chi connectivity index (χ0) is 59.7. The van der Waals surface area contributed by atoms with E-state index in [1.54, 1.807) is 44.1 Å². The van der Waals surface area contributed by atoms with Crippen molar-refractivity contribution >= 4 is 79.0 Å². The van der Waals surface area contributed by atoms with Crippen LogP contribution < -0.4 is 26.2 Å². The van der Waals surface area contributed by atoms with E-state index in [1.807, 2.05) is 0 Å². The molecule has 3 heterocycles.